The van der Waals surface area contributed by atoms with Crippen LogP contribution in [0.25, 0.3) is 11.3 Å². The van der Waals surface area contributed by atoms with Crippen molar-refractivity contribution >= 4 is 5.97 Å². The summed E-state index contributed by atoms with van der Waals surface area (Å²) in [5.41, 5.74) is -0.463. The summed E-state index contributed by atoms with van der Waals surface area (Å²) in [6.45, 7) is 0. The van der Waals surface area contributed by atoms with Crippen LogP contribution in [-0.2, 0) is 0 Å². The maximum absolute atomic E-state index is 13.9. The Kier molecular flexibility index (Phi) is 3.47. The molecule has 0 fully saturated rings. The summed E-state index contributed by atoms with van der Waals surface area (Å²) in [6, 6.07) is 2.31. The van der Waals surface area contributed by atoms with Gasteiger partial charge in [0, 0.05) is 6.07 Å². The Morgan fingerprint density at radius 2 is 2.05 bits per heavy atom. The molecule has 0 bridgehead atoms. The fraction of sp³-hybridized carbons (Fsp3) is 0.167. The second kappa shape index (κ2) is 5.08. The highest BCUT2D eigenvalue weighted by Gasteiger charge is 2.23. The van der Waals surface area contributed by atoms with Crippen LogP contribution in [0.1, 0.15) is 10.5 Å². The number of phenols is 1. The van der Waals surface area contributed by atoms with E-state index in [1.54, 1.807) is 0 Å². The number of nitrogens with zero attached hydrogens (tertiary/aromatic N) is 1. The quantitative estimate of drug-likeness (QED) is 0.883. The number of rotatable bonds is 4. The molecule has 2 rings (SSSR count). The van der Waals surface area contributed by atoms with Crippen LogP contribution in [0.3, 0.4) is 0 Å². The van der Waals surface area contributed by atoms with Gasteiger partial charge in [-0.25, -0.2) is 4.79 Å². The van der Waals surface area contributed by atoms with Gasteiger partial charge in [0.2, 0.25) is 11.6 Å². The Balaban J connectivity index is 2.61. The monoisotopic (exact) mass is 283 g/mol. The van der Waals surface area contributed by atoms with Crippen molar-refractivity contribution < 1.29 is 33.4 Å². The van der Waals surface area contributed by atoms with Crippen molar-refractivity contribution in [3.05, 3.63) is 23.6 Å². The van der Waals surface area contributed by atoms with Crippen molar-refractivity contribution in [3.63, 3.8) is 0 Å². The van der Waals surface area contributed by atoms with E-state index in [4.69, 9.17) is 19.1 Å². The van der Waals surface area contributed by atoms with E-state index in [0.717, 1.165) is 6.07 Å². The minimum Gasteiger partial charge on any atom is -0.504 e. The van der Waals surface area contributed by atoms with Crippen molar-refractivity contribution in [2.24, 2.45) is 0 Å². The van der Waals surface area contributed by atoms with Crippen LogP contribution in [0.4, 0.5) is 4.39 Å². The van der Waals surface area contributed by atoms with E-state index < -0.39 is 17.5 Å². The van der Waals surface area contributed by atoms with Crippen molar-refractivity contribution in [2.45, 2.75) is 0 Å². The Morgan fingerprint density at radius 1 is 1.35 bits per heavy atom. The number of benzene rings is 1. The van der Waals surface area contributed by atoms with Gasteiger partial charge in [0.1, 0.15) is 0 Å². The van der Waals surface area contributed by atoms with Gasteiger partial charge < -0.3 is 24.2 Å². The number of aromatic nitrogens is 1. The lowest BCUT2D eigenvalue weighted by Gasteiger charge is -2.11. The number of phenolic OH excluding ortho intramolecular Hbond substituents is 1. The highest BCUT2D eigenvalue weighted by atomic mass is 19.1. The molecule has 0 saturated carbocycles. The second-order valence-corrected chi connectivity index (χ2v) is 3.70. The van der Waals surface area contributed by atoms with Gasteiger partial charge in [-0.2, -0.15) is 4.39 Å². The summed E-state index contributed by atoms with van der Waals surface area (Å²) < 4.78 is 28.4. The van der Waals surface area contributed by atoms with Crippen LogP contribution < -0.4 is 9.47 Å². The van der Waals surface area contributed by atoms with E-state index in [2.05, 4.69) is 5.16 Å². The largest absolute Gasteiger partial charge is 0.504 e. The number of hydrogen-bond donors (Lipinski definition) is 2. The Bertz CT molecular complexity index is 666. The van der Waals surface area contributed by atoms with Crippen LogP contribution in [0.15, 0.2) is 16.7 Å². The van der Waals surface area contributed by atoms with E-state index >= 15 is 0 Å². The second-order valence-electron chi connectivity index (χ2n) is 3.70. The molecule has 0 radical (unpaired) electrons. The van der Waals surface area contributed by atoms with Crippen molar-refractivity contribution in [1.29, 1.82) is 0 Å². The fourth-order valence-corrected chi connectivity index (χ4v) is 1.63. The number of carboxylic acid groups (broad SMARTS) is 1. The predicted molar refractivity (Wildman–Crippen MR) is 63.6 cm³/mol. The summed E-state index contributed by atoms with van der Waals surface area (Å²) in [5.74, 6) is -3.47. The number of aromatic carboxylic acids is 1. The SMILES string of the molecule is COc1cc(-c2cc(C(=O)O)no2)c(O)c(F)c1OC. The van der Waals surface area contributed by atoms with E-state index in [1.807, 2.05) is 0 Å². The van der Waals surface area contributed by atoms with Gasteiger partial charge in [-0.3, -0.25) is 0 Å². The zero-order valence-electron chi connectivity index (χ0n) is 10.5. The molecule has 0 saturated heterocycles. The van der Waals surface area contributed by atoms with Crippen LogP contribution in [-0.4, -0.2) is 35.6 Å². The third kappa shape index (κ3) is 2.11. The molecule has 0 atom stereocenters. The lowest BCUT2D eigenvalue weighted by Crippen LogP contribution is -1.96. The number of hydrogen-bond acceptors (Lipinski definition) is 6. The van der Waals surface area contributed by atoms with Gasteiger partial charge >= 0.3 is 5.97 Å². The Hall–Kier alpha value is -2.77. The molecular weight excluding hydrogens is 273 g/mol. The first-order valence-corrected chi connectivity index (χ1v) is 5.33. The molecule has 1 heterocycles. The molecule has 0 aliphatic heterocycles. The van der Waals surface area contributed by atoms with Gasteiger partial charge in [0.05, 0.1) is 19.8 Å². The fourth-order valence-electron chi connectivity index (χ4n) is 1.63. The topological polar surface area (TPSA) is 102 Å². The first kappa shape index (κ1) is 13.7. The number of halogens is 1. The number of aromatic hydroxyl groups is 1. The molecule has 1 aromatic heterocycles. The standard InChI is InChI=1S/C12H10FNO6/c1-18-8-3-5(10(15)9(13)11(8)19-2)7-4-6(12(16)17)14-20-7/h3-4,15H,1-2H3,(H,16,17). The zero-order chi connectivity index (χ0) is 14.9. The number of carboxylic acids is 1. The zero-order valence-corrected chi connectivity index (χ0v) is 10.5. The average molecular weight is 283 g/mol. The van der Waals surface area contributed by atoms with Crippen molar-refractivity contribution in [1.82, 2.24) is 5.16 Å². The maximum atomic E-state index is 13.9. The van der Waals surface area contributed by atoms with Crippen LogP contribution in [0.2, 0.25) is 0 Å². The smallest absolute Gasteiger partial charge is 0.358 e. The summed E-state index contributed by atoms with van der Waals surface area (Å²) in [5, 5.41) is 21.8. The predicted octanol–water partition coefficient (Wildman–Crippen LogP) is 1.90. The molecule has 7 nitrogen and oxygen atoms in total. The first-order valence-electron chi connectivity index (χ1n) is 5.33. The molecule has 0 aliphatic rings. The molecule has 8 heteroatoms. The van der Waals surface area contributed by atoms with Gasteiger partial charge in [0.15, 0.2) is 23.0 Å². The highest BCUT2D eigenvalue weighted by molar-refractivity contribution is 5.87. The molecule has 0 unspecified atom stereocenters. The van der Waals surface area contributed by atoms with E-state index in [-0.39, 0.29) is 28.5 Å². The molecule has 20 heavy (non-hydrogen) atoms. The van der Waals surface area contributed by atoms with Gasteiger partial charge in [-0.1, -0.05) is 5.16 Å². The summed E-state index contributed by atoms with van der Waals surface area (Å²) in [7, 11) is 2.51. The van der Waals surface area contributed by atoms with Gasteiger partial charge in [-0.15, -0.1) is 0 Å². The van der Waals surface area contributed by atoms with E-state index in [0.29, 0.717) is 0 Å². The number of carbonyl (C=O) groups is 1. The average Bonchev–Trinajstić information content (AvgIpc) is 2.91. The minimum absolute atomic E-state index is 0.0195. The first-order chi connectivity index (χ1) is 9.49. The lowest BCUT2D eigenvalue weighted by molar-refractivity contribution is 0.0686. The summed E-state index contributed by atoms with van der Waals surface area (Å²) >= 11 is 0. The minimum atomic E-state index is -1.31. The Morgan fingerprint density at radius 3 is 2.55 bits per heavy atom. The van der Waals surface area contributed by atoms with Gasteiger partial charge in [0.25, 0.3) is 0 Å². The maximum Gasteiger partial charge on any atom is 0.358 e. The normalized spacial score (nSPS) is 10.3. The van der Waals surface area contributed by atoms with Crippen LogP contribution in [0, 0.1) is 5.82 Å². The lowest BCUT2D eigenvalue weighted by atomic mass is 10.1. The van der Waals surface area contributed by atoms with Crippen LogP contribution >= 0.6 is 0 Å². The summed E-state index contributed by atoms with van der Waals surface area (Å²) in [6.07, 6.45) is 0. The van der Waals surface area contributed by atoms with Gasteiger partial charge in [-0.05, 0) is 6.07 Å². The molecule has 0 aliphatic carbocycles. The van der Waals surface area contributed by atoms with E-state index in [1.165, 1.54) is 20.3 Å². The molecule has 1 aromatic carbocycles. The third-order valence-electron chi connectivity index (χ3n) is 2.58. The molecule has 2 aromatic rings. The van der Waals surface area contributed by atoms with Crippen LogP contribution in [0.5, 0.6) is 17.2 Å². The highest BCUT2D eigenvalue weighted by Crippen LogP contribution is 2.42. The number of ether oxygens (including phenoxy) is 2. The number of methoxy groups -OCH3 is 2. The van der Waals surface area contributed by atoms with E-state index in [9.17, 15) is 14.3 Å². The van der Waals surface area contributed by atoms with Crippen molar-refractivity contribution in [2.75, 3.05) is 14.2 Å². The molecular formula is C12H10FNO6. The molecule has 2 N–H and O–H groups in total. The summed E-state index contributed by atoms with van der Waals surface area (Å²) in [4.78, 5) is 10.7. The Labute approximate surface area is 112 Å². The third-order valence-corrected chi connectivity index (χ3v) is 2.58. The molecule has 0 spiro atoms. The molecule has 106 valence electrons. The molecule has 0 amide bonds. The van der Waals surface area contributed by atoms with Crippen molar-refractivity contribution in [3.8, 4) is 28.6 Å².